The van der Waals surface area contributed by atoms with Gasteiger partial charge in [0, 0.05) is 10.9 Å². The minimum absolute atomic E-state index is 0.131. The monoisotopic (exact) mass is 382 g/mol. The number of fused-ring (bicyclic) bond motifs is 1. The lowest BCUT2D eigenvalue weighted by Crippen LogP contribution is -2.13. The van der Waals surface area contributed by atoms with Crippen LogP contribution in [0.2, 0.25) is 5.02 Å². The van der Waals surface area contributed by atoms with Crippen molar-refractivity contribution in [1.29, 1.82) is 0 Å². The summed E-state index contributed by atoms with van der Waals surface area (Å²) in [6.45, 7) is 1.80. The highest BCUT2D eigenvalue weighted by atomic mass is 35.5. The van der Waals surface area contributed by atoms with Crippen LogP contribution in [0.1, 0.15) is 16.1 Å². The molecule has 0 unspecified atom stereocenters. The van der Waals surface area contributed by atoms with Gasteiger partial charge in [-0.05, 0) is 25.1 Å². The molecule has 0 saturated carbocycles. The lowest BCUT2D eigenvalue weighted by atomic mass is 10.1. The summed E-state index contributed by atoms with van der Waals surface area (Å²) in [5.41, 5.74) is 1.91. The van der Waals surface area contributed by atoms with Gasteiger partial charge >= 0.3 is 0 Å². The molecule has 2 heterocycles. The number of carbonyl (C=O) groups is 1. The molecule has 0 atom stereocenters. The highest BCUT2D eigenvalue weighted by Gasteiger charge is 2.20. The van der Waals surface area contributed by atoms with Crippen LogP contribution in [0.5, 0.6) is 5.75 Å². The van der Waals surface area contributed by atoms with Crippen molar-refractivity contribution in [1.82, 2.24) is 15.2 Å². The Hall–Kier alpha value is -3.32. The van der Waals surface area contributed by atoms with Gasteiger partial charge in [0.25, 0.3) is 5.91 Å². The summed E-state index contributed by atoms with van der Waals surface area (Å²) in [5.74, 6) is 0.973. The molecule has 0 aliphatic heterocycles. The van der Waals surface area contributed by atoms with Gasteiger partial charge in [-0.2, -0.15) is 4.98 Å². The lowest BCUT2D eigenvalue weighted by Gasteiger charge is -2.04. The van der Waals surface area contributed by atoms with E-state index < -0.39 is 5.91 Å². The second-order valence-electron chi connectivity index (χ2n) is 5.83. The van der Waals surface area contributed by atoms with Gasteiger partial charge in [0.1, 0.15) is 5.75 Å². The number of amides is 1. The van der Waals surface area contributed by atoms with Crippen molar-refractivity contribution in [2.45, 2.75) is 6.92 Å². The Balaban J connectivity index is 1.62. The van der Waals surface area contributed by atoms with Gasteiger partial charge in [-0.3, -0.25) is 15.2 Å². The first-order valence-electron chi connectivity index (χ1n) is 8.13. The fourth-order valence-corrected chi connectivity index (χ4v) is 3.08. The number of H-pyrrole nitrogens is 1. The third-order valence-corrected chi connectivity index (χ3v) is 4.49. The number of para-hydroxylation sites is 2. The number of hydrogen-bond acceptors (Lipinski definition) is 5. The summed E-state index contributed by atoms with van der Waals surface area (Å²) in [6, 6.07) is 12.8. The number of ether oxygens (including phenoxy) is 1. The van der Waals surface area contributed by atoms with E-state index in [4.69, 9.17) is 20.8 Å². The number of nitrogens with one attached hydrogen (secondary N) is 2. The van der Waals surface area contributed by atoms with Crippen LogP contribution in [0.15, 0.2) is 46.9 Å². The molecular weight excluding hydrogens is 368 g/mol. The van der Waals surface area contributed by atoms with E-state index in [1.807, 2.05) is 36.4 Å². The van der Waals surface area contributed by atoms with Crippen molar-refractivity contribution in [3.63, 3.8) is 0 Å². The smallest absolute Gasteiger partial charge is 0.294 e. The van der Waals surface area contributed by atoms with E-state index in [1.54, 1.807) is 20.1 Å². The van der Waals surface area contributed by atoms with E-state index in [2.05, 4.69) is 20.5 Å². The Labute approximate surface area is 159 Å². The maximum atomic E-state index is 12.6. The van der Waals surface area contributed by atoms with Gasteiger partial charge in [-0.25, -0.2) is 0 Å². The predicted molar refractivity (Wildman–Crippen MR) is 102 cm³/mol. The summed E-state index contributed by atoms with van der Waals surface area (Å²) < 4.78 is 11.0. The topological polar surface area (TPSA) is 93.0 Å². The molecule has 2 aromatic heterocycles. The fraction of sp³-hybridized carbons (Fsp3) is 0.105. The molecule has 7 nitrogen and oxygen atoms in total. The molecule has 0 radical (unpaired) electrons. The largest absolute Gasteiger partial charge is 0.496 e. The standard InChI is InChI=1S/C19H15ClN4O3/c1-10-11-7-5-8-13(20)16(11)27-15(10)18(25)22-19-21-17(23-24-19)12-6-3-4-9-14(12)26-2/h3-9H,1-2H3,(H2,21,22,23,24,25). The lowest BCUT2D eigenvalue weighted by molar-refractivity contribution is 0.0997. The van der Waals surface area contributed by atoms with Crippen molar-refractivity contribution in [2.24, 2.45) is 0 Å². The van der Waals surface area contributed by atoms with Gasteiger partial charge in [-0.1, -0.05) is 35.9 Å². The third kappa shape index (κ3) is 3.02. The maximum Gasteiger partial charge on any atom is 0.294 e. The zero-order valence-electron chi connectivity index (χ0n) is 14.5. The summed E-state index contributed by atoms with van der Waals surface area (Å²) in [7, 11) is 1.58. The van der Waals surface area contributed by atoms with Crippen LogP contribution >= 0.6 is 11.6 Å². The van der Waals surface area contributed by atoms with Crippen LogP contribution in [-0.4, -0.2) is 28.2 Å². The molecule has 8 heteroatoms. The Kier molecular flexibility index (Phi) is 4.29. The first-order chi connectivity index (χ1) is 13.1. The number of carbonyl (C=O) groups excluding carboxylic acids is 1. The molecule has 0 spiro atoms. The van der Waals surface area contributed by atoms with Crippen LogP contribution in [-0.2, 0) is 0 Å². The van der Waals surface area contributed by atoms with Gasteiger partial charge in [0.05, 0.1) is 17.7 Å². The van der Waals surface area contributed by atoms with E-state index >= 15 is 0 Å². The molecule has 2 N–H and O–H groups in total. The number of rotatable bonds is 4. The molecule has 4 rings (SSSR count). The van der Waals surface area contributed by atoms with Crippen LogP contribution in [0.4, 0.5) is 5.95 Å². The minimum atomic E-state index is -0.453. The van der Waals surface area contributed by atoms with Crippen molar-refractivity contribution < 1.29 is 13.9 Å². The number of aryl methyl sites for hydroxylation is 1. The molecule has 0 aliphatic rings. The van der Waals surface area contributed by atoms with Gasteiger partial charge in [0.2, 0.25) is 5.95 Å². The number of nitrogens with zero attached hydrogens (tertiary/aromatic N) is 2. The Morgan fingerprint density at radius 2 is 2.04 bits per heavy atom. The molecule has 27 heavy (non-hydrogen) atoms. The van der Waals surface area contributed by atoms with Crippen molar-refractivity contribution in [2.75, 3.05) is 12.4 Å². The Morgan fingerprint density at radius 3 is 2.81 bits per heavy atom. The van der Waals surface area contributed by atoms with Crippen molar-refractivity contribution in [3.8, 4) is 17.1 Å². The second-order valence-corrected chi connectivity index (χ2v) is 6.24. The van der Waals surface area contributed by atoms with Gasteiger partial charge in [0.15, 0.2) is 17.2 Å². The van der Waals surface area contributed by atoms with Crippen LogP contribution in [0, 0.1) is 6.92 Å². The van der Waals surface area contributed by atoms with Crippen molar-refractivity contribution in [3.05, 3.63) is 58.8 Å². The third-order valence-electron chi connectivity index (χ3n) is 4.19. The molecule has 2 aromatic carbocycles. The van der Waals surface area contributed by atoms with E-state index in [0.29, 0.717) is 27.7 Å². The highest BCUT2D eigenvalue weighted by molar-refractivity contribution is 6.35. The van der Waals surface area contributed by atoms with Crippen LogP contribution < -0.4 is 10.1 Å². The molecule has 0 fully saturated rings. The quantitative estimate of drug-likeness (QED) is 0.544. The van der Waals surface area contributed by atoms with Crippen LogP contribution in [0.3, 0.4) is 0 Å². The number of furan rings is 1. The predicted octanol–water partition coefficient (Wildman–Crippen LogP) is 4.44. The molecule has 0 aliphatic carbocycles. The number of halogens is 1. The number of aromatic nitrogens is 3. The summed E-state index contributed by atoms with van der Waals surface area (Å²) in [4.78, 5) is 16.9. The molecular formula is C19H15ClN4O3. The molecule has 0 bridgehead atoms. The van der Waals surface area contributed by atoms with E-state index in [9.17, 15) is 4.79 Å². The normalized spacial score (nSPS) is 10.9. The number of hydrogen-bond donors (Lipinski definition) is 2. The van der Waals surface area contributed by atoms with E-state index in [1.165, 1.54) is 0 Å². The number of benzene rings is 2. The fourth-order valence-electron chi connectivity index (χ4n) is 2.86. The number of anilines is 1. The first-order valence-corrected chi connectivity index (χ1v) is 8.51. The van der Waals surface area contributed by atoms with Crippen molar-refractivity contribution >= 4 is 34.4 Å². The number of aromatic amines is 1. The molecule has 0 saturated heterocycles. The Morgan fingerprint density at radius 1 is 1.22 bits per heavy atom. The van der Waals surface area contributed by atoms with Gasteiger partial charge in [-0.15, -0.1) is 5.10 Å². The highest BCUT2D eigenvalue weighted by Crippen LogP contribution is 2.31. The Bertz CT molecular complexity index is 1150. The summed E-state index contributed by atoms with van der Waals surface area (Å²) >= 11 is 6.14. The SMILES string of the molecule is COc1ccccc1-c1nc(NC(=O)c2oc3c(Cl)cccc3c2C)n[nH]1. The average Bonchev–Trinajstić information content (AvgIpc) is 3.27. The summed E-state index contributed by atoms with van der Waals surface area (Å²) in [6.07, 6.45) is 0. The molecule has 4 aromatic rings. The molecule has 1 amide bonds. The van der Waals surface area contributed by atoms with Gasteiger partial charge < -0.3 is 9.15 Å². The van der Waals surface area contributed by atoms with Crippen LogP contribution in [0.25, 0.3) is 22.4 Å². The second kappa shape index (κ2) is 6.77. The summed E-state index contributed by atoms with van der Waals surface area (Å²) in [5, 5.41) is 10.7. The molecule has 136 valence electrons. The average molecular weight is 383 g/mol. The van der Waals surface area contributed by atoms with E-state index in [-0.39, 0.29) is 11.7 Å². The maximum absolute atomic E-state index is 12.6. The van der Waals surface area contributed by atoms with E-state index in [0.717, 1.165) is 10.9 Å². The zero-order valence-corrected chi connectivity index (χ0v) is 15.3. The minimum Gasteiger partial charge on any atom is -0.496 e. The number of methoxy groups -OCH3 is 1. The first kappa shape index (κ1) is 17.1. The zero-order chi connectivity index (χ0) is 19.0.